The number of hydrogen-bond donors (Lipinski definition) is 1. The van der Waals surface area contributed by atoms with Crippen LogP contribution in [-0.4, -0.2) is 5.91 Å². The van der Waals surface area contributed by atoms with Crippen LogP contribution in [0.15, 0.2) is 48.5 Å². The van der Waals surface area contributed by atoms with Gasteiger partial charge in [-0.15, -0.1) is 0 Å². The Labute approximate surface area is 132 Å². The first-order valence-electron chi connectivity index (χ1n) is 8.21. The van der Waals surface area contributed by atoms with Crippen molar-refractivity contribution in [2.45, 2.75) is 39.0 Å². The SMILES string of the molecule is CCc1cccc(CC)c1NC(=O)[C@H]1C[C@@H]1c1ccccc1. The maximum Gasteiger partial charge on any atom is 0.228 e. The monoisotopic (exact) mass is 293 g/mol. The van der Waals surface area contributed by atoms with Crippen LogP contribution in [0.4, 0.5) is 5.69 Å². The van der Waals surface area contributed by atoms with E-state index in [0.717, 1.165) is 24.9 Å². The molecule has 114 valence electrons. The Kier molecular flexibility index (Phi) is 4.28. The minimum absolute atomic E-state index is 0.122. The molecule has 2 heteroatoms. The minimum atomic E-state index is 0.122. The number of carbonyl (C=O) groups is 1. The normalized spacial score (nSPS) is 19.7. The highest BCUT2D eigenvalue weighted by Crippen LogP contribution is 2.48. The average molecular weight is 293 g/mol. The van der Waals surface area contributed by atoms with Gasteiger partial charge < -0.3 is 5.32 Å². The van der Waals surface area contributed by atoms with Crippen LogP contribution in [0.2, 0.25) is 0 Å². The van der Waals surface area contributed by atoms with E-state index in [1.54, 1.807) is 0 Å². The summed E-state index contributed by atoms with van der Waals surface area (Å²) in [5.41, 5.74) is 4.77. The molecule has 0 heterocycles. The molecule has 0 aromatic heterocycles. The fourth-order valence-corrected chi connectivity index (χ4v) is 3.17. The predicted molar refractivity (Wildman–Crippen MR) is 91.1 cm³/mol. The number of benzene rings is 2. The van der Waals surface area contributed by atoms with Crippen LogP contribution < -0.4 is 5.32 Å². The van der Waals surface area contributed by atoms with Crippen molar-refractivity contribution in [3.8, 4) is 0 Å². The van der Waals surface area contributed by atoms with E-state index in [4.69, 9.17) is 0 Å². The molecule has 1 amide bonds. The van der Waals surface area contributed by atoms with Crippen LogP contribution in [0.5, 0.6) is 0 Å². The molecule has 2 aromatic carbocycles. The van der Waals surface area contributed by atoms with Gasteiger partial charge in [-0.05, 0) is 41.9 Å². The minimum Gasteiger partial charge on any atom is -0.325 e. The summed E-state index contributed by atoms with van der Waals surface area (Å²) < 4.78 is 0. The summed E-state index contributed by atoms with van der Waals surface area (Å²) in [7, 11) is 0. The lowest BCUT2D eigenvalue weighted by Crippen LogP contribution is -2.17. The van der Waals surface area contributed by atoms with Gasteiger partial charge in [-0.1, -0.05) is 62.4 Å². The fourth-order valence-electron chi connectivity index (χ4n) is 3.17. The smallest absolute Gasteiger partial charge is 0.228 e. The second-order valence-corrected chi connectivity index (χ2v) is 6.01. The Hall–Kier alpha value is -2.09. The summed E-state index contributed by atoms with van der Waals surface area (Å²) in [6, 6.07) is 16.6. The topological polar surface area (TPSA) is 29.1 Å². The average Bonchev–Trinajstić information content (AvgIpc) is 3.36. The van der Waals surface area contributed by atoms with Gasteiger partial charge in [0.05, 0.1) is 0 Å². The van der Waals surface area contributed by atoms with Crippen LogP contribution in [0.1, 0.15) is 42.9 Å². The van der Waals surface area contributed by atoms with Crippen LogP contribution in [0, 0.1) is 5.92 Å². The van der Waals surface area contributed by atoms with E-state index >= 15 is 0 Å². The van der Waals surface area contributed by atoms with Gasteiger partial charge in [-0.25, -0.2) is 0 Å². The van der Waals surface area contributed by atoms with Crippen molar-refractivity contribution >= 4 is 11.6 Å². The largest absolute Gasteiger partial charge is 0.325 e. The molecular weight excluding hydrogens is 270 g/mol. The molecule has 0 bridgehead atoms. The molecule has 0 aliphatic heterocycles. The molecular formula is C20H23NO. The van der Waals surface area contributed by atoms with Crippen molar-refractivity contribution in [2.24, 2.45) is 5.92 Å². The van der Waals surface area contributed by atoms with Gasteiger partial charge in [0.25, 0.3) is 0 Å². The van der Waals surface area contributed by atoms with Crippen LogP contribution in [0.25, 0.3) is 0 Å². The number of amides is 1. The molecule has 0 spiro atoms. The third kappa shape index (κ3) is 2.92. The number of para-hydroxylation sites is 1. The molecule has 3 rings (SSSR count). The molecule has 0 unspecified atom stereocenters. The van der Waals surface area contributed by atoms with Crippen molar-refractivity contribution < 1.29 is 4.79 Å². The Bertz CT molecular complexity index is 640. The number of aryl methyl sites for hydroxylation is 2. The van der Waals surface area contributed by atoms with E-state index in [2.05, 4.69) is 49.5 Å². The van der Waals surface area contributed by atoms with Gasteiger partial charge in [0.15, 0.2) is 0 Å². The first-order valence-corrected chi connectivity index (χ1v) is 8.21. The lowest BCUT2D eigenvalue weighted by molar-refractivity contribution is -0.117. The number of anilines is 1. The Morgan fingerprint density at radius 1 is 1.00 bits per heavy atom. The first kappa shape index (κ1) is 14.8. The molecule has 22 heavy (non-hydrogen) atoms. The summed E-state index contributed by atoms with van der Waals surface area (Å²) in [5.74, 6) is 0.682. The molecule has 1 aliphatic carbocycles. The number of nitrogens with one attached hydrogen (secondary N) is 1. The zero-order valence-corrected chi connectivity index (χ0v) is 13.3. The summed E-state index contributed by atoms with van der Waals surface area (Å²) in [6.45, 7) is 4.27. The van der Waals surface area contributed by atoms with E-state index in [1.165, 1.54) is 16.7 Å². The quantitative estimate of drug-likeness (QED) is 0.860. The molecule has 2 atom stereocenters. The standard InChI is InChI=1S/C20H23NO/c1-3-14-11-8-12-15(4-2)19(14)21-20(22)18-13-17(18)16-9-6-5-7-10-16/h5-12,17-18H,3-4,13H2,1-2H3,(H,21,22)/t17-,18+/m1/s1. The Morgan fingerprint density at radius 3 is 2.23 bits per heavy atom. The highest BCUT2D eigenvalue weighted by atomic mass is 16.2. The van der Waals surface area contributed by atoms with E-state index in [-0.39, 0.29) is 11.8 Å². The molecule has 1 saturated carbocycles. The number of hydrogen-bond acceptors (Lipinski definition) is 1. The zero-order valence-electron chi connectivity index (χ0n) is 13.3. The van der Waals surface area contributed by atoms with Crippen molar-refractivity contribution in [3.63, 3.8) is 0 Å². The van der Waals surface area contributed by atoms with Crippen LogP contribution in [-0.2, 0) is 17.6 Å². The van der Waals surface area contributed by atoms with Crippen LogP contribution in [0.3, 0.4) is 0 Å². The lowest BCUT2D eigenvalue weighted by Gasteiger charge is -2.14. The van der Waals surface area contributed by atoms with E-state index in [1.807, 2.05) is 18.2 Å². The molecule has 1 aliphatic rings. The maximum atomic E-state index is 12.6. The van der Waals surface area contributed by atoms with E-state index in [0.29, 0.717) is 5.92 Å². The summed E-state index contributed by atoms with van der Waals surface area (Å²) in [6.07, 6.45) is 2.85. The van der Waals surface area contributed by atoms with Gasteiger partial charge in [0, 0.05) is 11.6 Å². The van der Waals surface area contributed by atoms with Crippen molar-refractivity contribution in [3.05, 3.63) is 65.2 Å². The Balaban J connectivity index is 1.74. The van der Waals surface area contributed by atoms with Gasteiger partial charge in [0.1, 0.15) is 0 Å². The summed E-state index contributed by atoms with van der Waals surface area (Å²) in [4.78, 5) is 12.6. The van der Waals surface area contributed by atoms with Crippen molar-refractivity contribution in [1.82, 2.24) is 0 Å². The predicted octanol–water partition coefficient (Wildman–Crippen LogP) is 4.55. The summed E-state index contributed by atoms with van der Waals surface area (Å²) in [5, 5.41) is 3.20. The number of carbonyl (C=O) groups excluding carboxylic acids is 1. The third-order valence-electron chi connectivity index (χ3n) is 4.60. The van der Waals surface area contributed by atoms with E-state index < -0.39 is 0 Å². The second-order valence-electron chi connectivity index (χ2n) is 6.01. The maximum absolute atomic E-state index is 12.6. The molecule has 2 nitrogen and oxygen atoms in total. The molecule has 1 N–H and O–H groups in total. The van der Waals surface area contributed by atoms with Gasteiger partial charge in [-0.2, -0.15) is 0 Å². The summed E-state index contributed by atoms with van der Waals surface area (Å²) >= 11 is 0. The second kappa shape index (κ2) is 6.35. The number of rotatable bonds is 5. The Morgan fingerprint density at radius 2 is 1.64 bits per heavy atom. The fraction of sp³-hybridized carbons (Fsp3) is 0.350. The van der Waals surface area contributed by atoms with E-state index in [9.17, 15) is 4.79 Å². The molecule has 0 saturated heterocycles. The first-order chi connectivity index (χ1) is 10.7. The van der Waals surface area contributed by atoms with Crippen molar-refractivity contribution in [1.29, 1.82) is 0 Å². The lowest BCUT2D eigenvalue weighted by atomic mass is 10.0. The molecule has 0 radical (unpaired) electrons. The van der Waals surface area contributed by atoms with Gasteiger partial charge >= 0.3 is 0 Å². The third-order valence-corrected chi connectivity index (χ3v) is 4.60. The van der Waals surface area contributed by atoms with Crippen LogP contribution >= 0.6 is 0 Å². The molecule has 1 fully saturated rings. The van der Waals surface area contributed by atoms with Crippen molar-refractivity contribution in [2.75, 3.05) is 5.32 Å². The highest BCUT2D eigenvalue weighted by molar-refractivity contribution is 5.96. The molecule has 2 aromatic rings. The van der Waals surface area contributed by atoms with Gasteiger partial charge in [-0.3, -0.25) is 4.79 Å². The van der Waals surface area contributed by atoms with Gasteiger partial charge in [0.2, 0.25) is 5.91 Å². The zero-order chi connectivity index (χ0) is 15.5. The highest BCUT2D eigenvalue weighted by Gasteiger charge is 2.43.